The Hall–Kier alpha value is -1.59. The summed E-state index contributed by atoms with van der Waals surface area (Å²) >= 11 is 0. The van der Waals surface area contributed by atoms with Crippen molar-refractivity contribution in [2.45, 2.75) is 32.4 Å². The van der Waals surface area contributed by atoms with Crippen LogP contribution in [0.5, 0.6) is 0 Å². The van der Waals surface area contributed by atoms with Crippen LogP contribution in [-0.2, 0) is 18.6 Å². The Labute approximate surface area is 103 Å². The third kappa shape index (κ3) is 2.07. The van der Waals surface area contributed by atoms with E-state index in [1.807, 2.05) is 20.8 Å². The van der Waals surface area contributed by atoms with E-state index in [1.54, 1.807) is 11.6 Å². The Morgan fingerprint density at radius 3 is 2.28 bits per heavy atom. The van der Waals surface area contributed by atoms with Crippen LogP contribution in [0.25, 0.3) is 11.0 Å². The lowest BCUT2D eigenvalue weighted by atomic mass is 9.96. The zero-order valence-corrected chi connectivity index (χ0v) is 10.6. The van der Waals surface area contributed by atoms with Gasteiger partial charge in [-0.3, -0.25) is 0 Å². The largest absolute Gasteiger partial charge is 0.433 e. The summed E-state index contributed by atoms with van der Waals surface area (Å²) in [6.45, 7) is 5.89. The van der Waals surface area contributed by atoms with E-state index in [0.717, 1.165) is 11.9 Å². The van der Waals surface area contributed by atoms with Crippen LogP contribution in [0.1, 0.15) is 32.3 Å². The van der Waals surface area contributed by atoms with Crippen LogP contribution in [0.4, 0.5) is 13.2 Å². The van der Waals surface area contributed by atoms with Gasteiger partial charge in [-0.15, -0.1) is 0 Å². The molecule has 0 N–H and O–H groups in total. The zero-order valence-electron chi connectivity index (χ0n) is 10.6. The smallest absolute Gasteiger partial charge is 0.329 e. The molecule has 0 amide bonds. The lowest BCUT2D eigenvalue weighted by Crippen LogP contribution is -2.17. The van der Waals surface area contributed by atoms with Crippen LogP contribution in [0.15, 0.2) is 12.3 Å². The summed E-state index contributed by atoms with van der Waals surface area (Å²) < 4.78 is 39.5. The molecule has 0 aliphatic carbocycles. The molecule has 0 aromatic carbocycles. The van der Waals surface area contributed by atoms with Crippen LogP contribution < -0.4 is 0 Å². The fourth-order valence-electron chi connectivity index (χ4n) is 1.91. The maximum atomic E-state index is 12.6. The predicted octanol–water partition coefficient (Wildman–Crippen LogP) is 3.28. The van der Waals surface area contributed by atoms with E-state index in [0.29, 0.717) is 11.0 Å². The first-order valence-electron chi connectivity index (χ1n) is 5.51. The summed E-state index contributed by atoms with van der Waals surface area (Å²) in [6, 6.07) is 0.991. The second-order valence-corrected chi connectivity index (χ2v) is 5.30. The van der Waals surface area contributed by atoms with Gasteiger partial charge in [0.25, 0.3) is 0 Å². The van der Waals surface area contributed by atoms with E-state index in [2.05, 4.69) is 9.97 Å². The minimum atomic E-state index is -4.44. The van der Waals surface area contributed by atoms with Gasteiger partial charge >= 0.3 is 6.18 Å². The Kier molecular flexibility index (Phi) is 2.64. The Bertz CT molecular complexity index is 591. The molecule has 0 saturated heterocycles. The van der Waals surface area contributed by atoms with Gasteiger partial charge in [-0.05, 0) is 6.07 Å². The Morgan fingerprint density at radius 1 is 1.17 bits per heavy atom. The average molecular weight is 257 g/mol. The monoisotopic (exact) mass is 257 g/mol. The van der Waals surface area contributed by atoms with Gasteiger partial charge in [-0.2, -0.15) is 13.2 Å². The summed E-state index contributed by atoms with van der Waals surface area (Å²) in [6.07, 6.45) is -3.21. The topological polar surface area (TPSA) is 30.7 Å². The lowest BCUT2D eigenvalue weighted by molar-refractivity contribution is -0.141. The highest BCUT2D eigenvalue weighted by Gasteiger charge is 2.33. The number of imidazole rings is 1. The van der Waals surface area contributed by atoms with Crippen molar-refractivity contribution >= 4 is 11.0 Å². The van der Waals surface area contributed by atoms with Crippen molar-refractivity contribution in [3.8, 4) is 0 Å². The molecule has 2 aromatic heterocycles. The molecule has 2 rings (SSSR count). The van der Waals surface area contributed by atoms with Gasteiger partial charge in [-0.25, -0.2) is 9.97 Å². The molecule has 2 heterocycles. The highest BCUT2D eigenvalue weighted by atomic mass is 19.4. The van der Waals surface area contributed by atoms with Crippen molar-refractivity contribution in [3.63, 3.8) is 0 Å². The summed E-state index contributed by atoms with van der Waals surface area (Å²) in [7, 11) is 1.78. The summed E-state index contributed by atoms with van der Waals surface area (Å²) in [5, 5.41) is 0. The standard InChI is InChI=1S/C12H14F3N3/c1-11(2,3)10-17-7-5-9(12(13,14)15)16-6-8(7)18(10)4/h5-6H,1-4H3. The van der Waals surface area contributed by atoms with E-state index in [1.165, 1.54) is 6.20 Å². The second-order valence-electron chi connectivity index (χ2n) is 5.30. The van der Waals surface area contributed by atoms with Crippen LogP contribution in [0.3, 0.4) is 0 Å². The SMILES string of the molecule is Cn1c(C(C)(C)C)nc2cc(C(F)(F)F)ncc21. The first kappa shape index (κ1) is 12.9. The third-order valence-corrected chi connectivity index (χ3v) is 2.73. The number of aromatic nitrogens is 3. The van der Waals surface area contributed by atoms with Gasteiger partial charge in [0.1, 0.15) is 11.5 Å². The molecule has 0 saturated carbocycles. The minimum absolute atomic E-state index is 0.230. The molecule has 0 radical (unpaired) electrons. The van der Waals surface area contributed by atoms with Crippen molar-refractivity contribution in [2.75, 3.05) is 0 Å². The molecule has 2 aromatic rings. The predicted molar refractivity (Wildman–Crippen MR) is 62.2 cm³/mol. The van der Waals surface area contributed by atoms with Crippen molar-refractivity contribution in [2.24, 2.45) is 7.05 Å². The number of nitrogens with zero attached hydrogens (tertiary/aromatic N) is 3. The van der Waals surface area contributed by atoms with Gasteiger partial charge in [0.05, 0.1) is 17.2 Å². The molecule has 3 nitrogen and oxygen atoms in total. The summed E-state index contributed by atoms with van der Waals surface area (Å²) in [4.78, 5) is 7.73. The number of fused-ring (bicyclic) bond motifs is 1. The van der Waals surface area contributed by atoms with Crippen molar-refractivity contribution in [3.05, 3.63) is 23.8 Å². The molecular weight excluding hydrogens is 243 g/mol. The van der Waals surface area contributed by atoms with Crippen molar-refractivity contribution in [1.29, 1.82) is 0 Å². The second kappa shape index (κ2) is 3.70. The quantitative estimate of drug-likeness (QED) is 0.725. The van der Waals surface area contributed by atoms with Gasteiger partial charge < -0.3 is 4.57 Å². The first-order chi connectivity index (χ1) is 8.10. The average Bonchev–Trinajstić information content (AvgIpc) is 2.54. The molecule has 18 heavy (non-hydrogen) atoms. The molecule has 0 spiro atoms. The summed E-state index contributed by atoms with van der Waals surface area (Å²) in [5.74, 6) is 0.735. The first-order valence-corrected chi connectivity index (χ1v) is 5.51. The van der Waals surface area contributed by atoms with Crippen molar-refractivity contribution in [1.82, 2.24) is 14.5 Å². The van der Waals surface area contributed by atoms with Crippen LogP contribution in [-0.4, -0.2) is 14.5 Å². The number of rotatable bonds is 0. The Morgan fingerprint density at radius 2 is 1.78 bits per heavy atom. The number of hydrogen-bond donors (Lipinski definition) is 0. The highest BCUT2D eigenvalue weighted by Crippen LogP contribution is 2.31. The van der Waals surface area contributed by atoms with E-state index >= 15 is 0 Å². The normalized spacial score (nSPS) is 13.3. The van der Waals surface area contributed by atoms with E-state index < -0.39 is 11.9 Å². The maximum absolute atomic E-state index is 12.6. The van der Waals surface area contributed by atoms with E-state index in [-0.39, 0.29) is 5.41 Å². The molecule has 0 aliphatic rings. The molecular formula is C12H14F3N3. The molecule has 98 valence electrons. The molecule has 0 bridgehead atoms. The van der Waals surface area contributed by atoms with Crippen LogP contribution in [0.2, 0.25) is 0 Å². The van der Waals surface area contributed by atoms with E-state index in [4.69, 9.17) is 0 Å². The number of alkyl halides is 3. The molecule has 0 fully saturated rings. The molecule has 0 unspecified atom stereocenters. The maximum Gasteiger partial charge on any atom is 0.433 e. The Balaban J connectivity index is 2.67. The van der Waals surface area contributed by atoms with Gasteiger partial charge in [0, 0.05) is 12.5 Å². The highest BCUT2D eigenvalue weighted by molar-refractivity contribution is 5.75. The van der Waals surface area contributed by atoms with Crippen molar-refractivity contribution < 1.29 is 13.2 Å². The fraction of sp³-hybridized carbons (Fsp3) is 0.500. The number of hydrogen-bond acceptors (Lipinski definition) is 2. The van der Waals surface area contributed by atoms with E-state index in [9.17, 15) is 13.2 Å². The summed E-state index contributed by atoms with van der Waals surface area (Å²) in [5.41, 5.74) is -0.210. The molecule has 6 heteroatoms. The van der Waals surface area contributed by atoms with Crippen LogP contribution in [0, 0.1) is 0 Å². The minimum Gasteiger partial charge on any atom is -0.329 e. The van der Waals surface area contributed by atoms with Gasteiger partial charge in [-0.1, -0.05) is 20.8 Å². The number of aryl methyl sites for hydroxylation is 1. The van der Waals surface area contributed by atoms with Gasteiger partial charge in [0.15, 0.2) is 0 Å². The zero-order chi connectivity index (χ0) is 13.7. The van der Waals surface area contributed by atoms with Gasteiger partial charge in [0.2, 0.25) is 0 Å². The number of halogens is 3. The van der Waals surface area contributed by atoms with Crippen LogP contribution >= 0.6 is 0 Å². The lowest BCUT2D eigenvalue weighted by Gasteiger charge is -2.17. The molecule has 0 atom stereocenters. The number of pyridine rings is 1. The molecule has 0 aliphatic heterocycles. The fourth-order valence-corrected chi connectivity index (χ4v) is 1.91. The third-order valence-electron chi connectivity index (χ3n) is 2.73.